The van der Waals surface area contributed by atoms with Crippen LogP contribution < -0.4 is 0 Å². The van der Waals surface area contributed by atoms with Crippen molar-refractivity contribution in [3.63, 3.8) is 0 Å². The van der Waals surface area contributed by atoms with Crippen molar-refractivity contribution in [3.05, 3.63) is 0 Å². The smallest absolute Gasteiger partial charge is 0.100 e. The van der Waals surface area contributed by atoms with E-state index in [0.29, 0.717) is 0 Å². The molecule has 0 aromatic carbocycles. The molecule has 9 N–H and O–H groups in total. The van der Waals surface area contributed by atoms with E-state index in [0.717, 1.165) is 0 Å². The molecular weight excluding hydrogens is 180 g/mol. The summed E-state index contributed by atoms with van der Waals surface area (Å²) in [5.41, 5.74) is 0. The Balaban J connectivity index is -0.0000000208. The van der Waals surface area contributed by atoms with Gasteiger partial charge in [0, 0.05) is 21.7 Å². The predicted molar refractivity (Wildman–Crippen MR) is 31.0 cm³/mol. The zero-order valence-corrected chi connectivity index (χ0v) is 6.89. The van der Waals surface area contributed by atoms with Crippen molar-refractivity contribution < 1.29 is 53.5 Å². The van der Waals surface area contributed by atoms with E-state index in [4.69, 9.17) is 15.3 Å². The molecule has 0 aliphatic carbocycles. The average molecular weight is 194 g/mol. The summed E-state index contributed by atoms with van der Waals surface area (Å²) in [7, 11) is 0. The molecule has 0 radical (unpaired) electrons. The third-order valence-electron chi connectivity index (χ3n) is 0.421. The molecule has 0 saturated carbocycles. The Morgan fingerprint density at radius 1 is 0.900 bits per heavy atom. The third-order valence-corrected chi connectivity index (χ3v) is 0.421. The van der Waals surface area contributed by atoms with Gasteiger partial charge in [-0.25, -0.2) is 0 Å². The fourth-order valence-corrected chi connectivity index (χ4v) is 0.0577. The van der Waals surface area contributed by atoms with Gasteiger partial charge in [0.2, 0.25) is 0 Å². The molecule has 0 unspecified atom stereocenters. The number of aliphatic hydroxyl groups excluding tert-OH is 3. The van der Waals surface area contributed by atoms with E-state index in [2.05, 4.69) is 0 Å². The molecule has 0 rings (SSSR count). The Kier molecular flexibility index (Phi) is 71.2. The first-order valence-electron chi connectivity index (χ1n) is 1.71. The van der Waals surface area contributed by atoms with Gasteiger partial charge >= 0.3 is 0 Å². The Labute approximate surface area is 73.3 Å². The van der Waals surface area contributed by atoms with Crippen LogP contribution in [0, 0.1) is 0 Å². The molecule has 0 spiro atoms. The fourth-order valence-electron chi connectivity index (χ4n) is 0.0577. The maximum Gasteiger partial charge on any atom is 0.100 e. The molecule has 0 aliphatic rings. The zero-order valence-electron chi connectivity index (χ0n) is 5.33. The summed E-state index contributed by atoms with van der Waals surface area (Å²) in [6, 6.07) is 0. The molecule has 0 aromatic rings. The molecule has 0 amide bonds. The second kappa shape index (κ2) is 22.7. The van der Waals surface area contributed by atoms with Crippen LogP contribution in [0.25, 0.3) is 0 Å². The molecule has 10 heavy (non-hydrogen) atoms. The van der Waals surface area contributed by atoms with Crippen molar-refractivity contribution in [1.29, 1.82) is 0 Å². The van der Waals surface area contributed by atoms with Crippen LogP contribution in [0.3, 0.4) is 0 Å². The third kappa shape index (κ3) is 23.6. The van der Waals surface area contributed by atoms with Crippen LogP contribution >= 0.6 is 0 Å². The second-order valence-corrected chi connectivity index (χ2v) is 1.02. The van der Waals surface area contributed by atoms with Gasteiger partial charge in [-0.15, -0.1) is 0 Å². The quantitative estimate of drug-likeness (QED) is 0.382. The SMILES string of the molecule is O.O.O.OCC(O)CO.[Ti]. The second-order valence-electron chi connectivity index (χ2n) is 1.02. The first-order valence-corrected chi connectivity index (χ1v) is 1.71. The minimum absolute atomic E-state index is 0. The van der Waals surface area contributed by atoms with Gasteiger partial charge in [-0.3, -0.25) is 0 Å². The summed E-state index contributed by atoms with van der Waals surface area (Å²) >= 11 is 0. The molecule has 0 aromatic heterocycles. The van der Waals surface area contributed by atoms with Crippen LogP contribution in [-0.4, -0.2) is 51.1 Å². The number of rotatable bonds is 2. The van der Waals surface area contributed by atoms with Crippen molar-refractivity contribution >= 4 is 0 Å². The van der Waals surface area contributed by atoms with Crippen LogP contribution in [0.15, 0.2) is 0 Å². The molecular formula is C3H14O6Ti. The van der Waals surface area contributed by atoms with Crippen molar-refractivity contribution in [1.82, 2.24) is 0 Å². The van der Waals surface area contributed by atoms with E-state index in [1.165, 1.54) is 0 Å². The van der Waals surface area contributed by atoms with E-state index in [9.17, 15) is 0 Å². The monoisotopic (exact) mass is 194 g/mol. The standard InChI is InChI=1S/C3H8O3.3H2O.Ti/c4-1-3(6)2-5;;;;/h3-6H,1-2H2;3*1H2;. The maximum atomic E-state index is 8.17. The van der Waals surface area contributed by atoms with E-state index < -0.39 is 6.10 Å². The summed E-state index contributed by atoms with van der Waals surface area (Å²) in [5, 5.41) is 24.0. The van der Waals surface area contributed by atoms with Crippen LogP contribution in [0.4, 0.5) is 0 Å². The molecule has 0 saturated heterocycles. The van der Waals surface area contributed by atoms with Crippen molar-refractivity contribution in [2.45, 2.75) is 6.10 Å². The van der Waals surface area contributed by atoms with Crippen LogP contribution in [0.2, 0.25) is 0 Å². The van der Waals surface area contributed by atoms with Crippen LogP contribution in [-0.2, 0) is 21.7 Å². The van der Waals surface area contributed by atoms with Gasteiger partial charge in [0.05, 0.1) is 13.2 Å². The van der Waals surface area contributed by atoms with E-state index in [-0.39, 0.29) is 51.4 Å². The number of hydrogen-bond acceptors (Lipinski definition) is 3. The molecule has 0 bridgehead atoms. The molecule has 66 valence electrons. The Hall–Kier alpha value is 0.474. The molecule has 0 atom stereocenters. The van der Waals surface area contributed by atoms with E-state index in [1.54, 1.807) is 0 Å². The van der Waals surface area contributed by atoms with Crippen molar-refractivity contribution in [2.75, 3.05) is 13.2 Å². The average Bonchev–Trinajstić information content (AvgIpc) is 1.65. The van der Waals surface area contributed by atoms with E-state index in [1.807, 2.05) is 0 Å². The Bertz CT molecular complexity index is 32.2. The number of aliphatic hydroxyl groups is 3. The summed E-state index contributed by atoms with van der Waals surface area (Å²) in [6.45, 7) is -0.729. The van der Waals surface area contributed by atoms with Gasteiger partial charge < -0.3 is 31.7 Å². The van der Waals surface area contributed by atoms with E-state index >= 15 is 0 Å². The summed E-state index contributed by atoms with van der Waals surface area (Å²) < 4.78 is 0. The zero-order chi connectivity index (χ0) is 4.99. The minimum Gasteiger partial charge on any atom is -0.412 e. The maximum absolute atomic E-state index is 8.17. The fraction of sp³-hybridized carbons (Fsp3) is 1.00. The molecule has 6 nitrogen and oxygen atoms in total. The molecule has 7 heteroatoms. The summed E-state index contributed by atoms with van der Waals surface area (Å²) in [5.74, 6) is 0. The molecule has 0 aliphatic heterocycles. The topological polar surface area (TPSA) is 155 Å². The van der Waals surface area contributed by atoms with Crippen molar-refractivity contribution in [2.24, 2.45) is 0 Å². The van der Waals surface area contributed by atoms with Gasteiger partial charge in [0.15, 0.2) is 0 Å². The Morgan fingerprint density at radius 2 is 1.10 bits per heavy atom. The normalized spacial score (nSPS) is 6.00. The van der Waals surface area contributed by atoms with Gasteiger partial charge in [-0.05, 0) is 0 Å². The summed E-state index contributed by atoms with van der Waals surface area (Å²) in [4.78, 5) is 0. The van der Waals surface area contributed by atoms with Gasteiger partial charge in [0.1, 0.15) is 6.10 Å². The van der Waals surface area contributed by atoms with Crippen LogP contribution in [0.5, 0.6) is 0 Å². The molecule has 0 heterocycles. The minimum atomic E-state index is -0.954. The van der Waals surface area contributed by atoms with Gasteiger partial charge in [-0.1, -0.05) is 0 Å². The number of hydrogen-bond donors (Lipinski definition) is 3. The van der Waals surface area contributed by atoms with Crippen molar-refractivity contribution in [3.8, 4) is 0 Å². The largest absolute Gasteiger partial charge is 0.412 e. The summed E-state index contributed by atoms with van der Waals surface area (Å²) in [6.07, 6.45) is -0.954. The molecule has 0 fully saturated rings. The van der Waals surface area contributed by atoms with Crippen LogP contribution in [0.1, 0.15) is 0 Å². The van der Waals surface area contributed by atoms with Gasteiger partial charge in [0.25, 0.3) is 0 Å². The van der Waals surface area contributed by atoms with Gasteiger partial charge in [-0.2, -0.15) is 0 Å². The first kappa shape index (κ1) is 31.4. The predicted octanol–water partition coefficient (Wildman–Crippen LogP) is -4.14. The Morgan fingerprint density at radius 3 is 1.10 bits per heavy atom. The first-order chi connectivity index (χ1) is 2.81.